The van der Waals surface area contributed by atoms with E-state index in [0.29, 0.717) is 25.2 Å². The Balaban J connectivity index is 1.56. The van der Waals surface area contributed by atoms with Gasteiger partial charge in [-0.2, -0.15) is 0 Å². The largest absolute Gasteiger partial charge is 0.459 e. The third kappa shape index (κ3) is 3.77. The van der Waals surface area contributed by atoms with Gasteiger partial charge in [0, 0.05) is 36.7 Å². The summed E-state index contributed by atoms with van der Waals surface area (Å²) in [5, 5.41) is 12.3. The standard InChI is InChI=1S/C20H23NO4S/c22-9-3-4-10-24-19-12-14(11-17(25-19)20(23)21-7-8-21)16-13-26-18-6-2-1-5-15(16)18/h1-2,5-6,11,13-14,19,22H,3-4,7-10,12H2/t14-,19+/m1/s1. The molecule has 6 heteroatoms. The molecule has 1 fully saturated rings. The fourth-order valence-corrected chi connectivity index (χ4v) is 4.28. The molecule has 1 aromatic carbocycles. The number of thiophene rings is 1. The lowest BCUT2D eigenvalue weighted by atomic mass is 9.92. The number of allylic oxidation sites excluding steroid dienone is 1. The second-order valence-electron chi connectivity index (χ2n) is 6.70. The first kappa shape index (κ1) is 17.5. The number of benzene rings is 1. The van der Waals surface area contributed by atoms with Crippen molar-refractivity contribution in [3.8, 4) is 0 Å². The molecule has 138 valence electrons. The molecule has 1 saturated heterocycles. The van der Waals surface area contributed by atoms with Gasteiger partial charge in [-0.3, -0.25) is 4.79 Å². The van der Waals surface area contributed by atoms with Crippen LogP contribution < -0.4 is 0 Å². The van der Waals surface area contributed by atoms with Crippen molar-refractivity contribution in [3.63, 3.8) is 0 Å². The molecule has 5 nitrogen and oxygen atoms in total. The first-order valence-corrected chi connectivity index (χ1v) is 10.0. The Bertz CT molecular complexity index is 811. The molecule has 2 aliphatic heterocycles. The van der Waals surface area contributed by atoms with Crippen molar-refractivity contribution in [3.05, 3.63) is 47.0 Å². The van der Waals surface area contributed by atoms with E-state index in [1.54, 1.807) is 16.2 Å². The predicted octanol–water partition coefficient (Wildman–Crippen LogP) is 3.25. The Morgan fingerprint density at radius 2 is 2.15 bits per heavy atom. The van der Waals surface area contributed by atoms with Crippen molar-refractivity contribution >= 4 is 27.3 Å². The molecule has 3 heterocycles. The summed E-state index contributed by atoms with van der Waals surface area (Å²) >= 11 is 1.73. The lowest BCUT2D eigenvalue weighted by Crippen LogP contribution is -2.29. The molecule has 1 amide bonds. The zero-order chi connectivity index (χ0) is 17.9. The molecule has 0 radical (unpaired) electrons. The molecule has 1 aromatic heterocycles. The number of carbonyl (C=O) groups is 1. The maximum Gasteiger partial charge on any atom is 0.288 e. The molecular formula is C20H23NO4S. The van der Waals surface area contributed by atoms with Crippen molar-refractivity contribution in [1.82, 2.24) is 4.90 Å². The van der Waals surface area contributed by atoms with E-state index in [2.05, 4.69) is 17.5 Å². The summed E-state index contributed by atoms with van der Waals surface area (Å²) in [6.45, 7) is 2.28. The monoisotopic (exact) mass is 373 g/mol. The number of carbonyl (C=O) groups excluding carboxylic acids is 1. The number of ether oxygens (including phenoxy) is 2. The average molecular weight is 373 g/mol. The van der Waals surface area contributed by atoms with Crippen LogP contribution in [0.15, 0.2) is 41.5 Å². The van der Waals surface area contributed by atoms with Crippen LogP contribution in [0.2, 0.25) is 0 Å². The average Bonchev–Trinajstić information content (AvgIpc) is 3.43. The number of hydrogen-bond acceptors (Lipinski definition) is 5. The summed E-state index contributed by atoms with van der Waals surface area (Å²) in [6.07, 6.45) is 3.71. The molecule has 0 unspecified atom stereocenters. The number of hydrogen-bond donors (Lipinski definition) is 1. The predicted molar refractivity (Wildman–Crippen MR) is 101 cm³/mol. The molecule has 1 N–H and O–H groups in total. The Morgan fingerprint density at radius 3 is 2.96 bits per heavy atom. The Kier molecular flexibility index (Phi) is 5.24. The fourth-order valence-electron chi connectivity index (χ4n) is 3.25. The van der Waals surface area contributed by atoms with Crippen molar-refractivity contribution in [2.24, 2.45) is 0 Å². The number of nitrogens with zero attached hydrogens (tertiary/aromatic N) is 1. The minimum Gasteiger partial charge on any atom is -0.459 e. The smallest absolute Gasteiger partial charge is 0.288 e. The number of aliphatic hydroxyl groups excluding tert-OH is 1. The lowest BCUT2D eigenvalue weighted by Gasteiger charge is -2.29. The van der Waals surface area contributed by atoms with Crippen LogP contribution in [0.3, 0.4) is 0 Å². The van der Waals surface area contributed by atoms with Gasteiger partial charge in [0.05, 0.1) is 6.61 Å². The summed E-state index contributed by atoms with van der Waals surface area (Å²) in [6, 6.07) is 8.35. The van der Waals surface area contributed by atoms with Gasteiger partial charge < -0.3 is 19.5 Å². The Hall–Kier alpha value is -1.89. The molecule has 2 aliphatic rings. The molecule has 4 rings (SSSR count). The summed E-state index contributed by atoms with van der Waals surface area (Å²) < 4.78 is 13.0. The van der Waals surface area contributed by atoms with E-state index in [1.165, 1.54) is 15.6 Å². The number of unbranched alkanes of at least 4 members (excludes halogenated alkanes) is 1. The van der Waals surface area contributed by atoms with E-state index in [1.807, 2.05) is 18.2 Å². The number of amides is 1. The first-order valence-electron chi connectivity index (χ1n) is 9.12. The molecule has 2 aromatic rings. The molecule has 0 saturated carbocycles. The highest BCUT2D eigenvalue weighted by Crippen LogP contribution is 2.38. The zero-order valence-corrected chi connectivity index (χ0v) is 15.4. The zero-order valence-electron chi connectivity index (χ0n) is 14.6. The van der Waals surface area contributed by atoms with Gasteiger partial charge in [-0.25, -0.2) is 0 Å². The van der Waals surface area contributed by atoms with Crippen molar-refractivity contribution in [1.29, 1.82) is 0 Å². The van der Waals surface area contributed by atoms with Gasteiger partial charge in [-0.05, 0) is 41.3 Å². The van der Waals surface area contributed by atoms with E-state index in [4.69, 9.17) is 14.6 Å². The van der Waals surface area contributed by atoms with E-state index in [9.17, 15) is 4.79 Å². The number of rotatable bonds is 7. The van der Waals surface area contributed by atoms with Crippen LogP contribution in [0.4, 0.5) is 0 Å². The van der Waals surface area contributed by atoms with Crippen molar-refractivity contribution in [2.45, 2.75) is 31.5 Å². The molecule has 2 atom stereocenters. The van der Waals surface area contributed by atoms with Crippen LogP contribution >= 0.6 is 11.3 Å². The van der Waals surface area contributed by atoms with Gasteiger partial charge in [0.25, 0.3) is 5.91 Å². The Labute approximate surface area is 156 Å². The maximum absolute atomic E-state index is 12.5. The normalized spacial score (nSPS) is 22.2. The highest BCUT2D eigenvalue weighted by atomic mass is 32.1. The molecule has 26 heavy (non-hydrogen) atoms. The third-order valence-electron chi connectivity index (χ3n) is 4.77. The number of aliphatic hydroxyl groups is 1. The van der Waals surface area contributed by atoms with Crippen molar-refractivity contribution in [2.75, 3.05) is 26.3 Å². The van der Waals surface area contributed by atoms with Gasteiger partial charge in [-0.15, -0.1) is 11.3 Å². The highest BCUT2D eigenvalue weighted by molar-refractivity contribution is 7.17. The SMILES string of the molecule is O=C(C1=C[C@@H](c2csc3ccccc23)C[C@@H](OCCCCO)O1)N1CC1. The van der Waals surface area contributed by atoms with Gasteiger partial charge in [-0.1, -0.05) is 18.2 Å². The second-order valence-corrected chi connectivity index (χ2v) is 7.61. The van der Waals surface area contributed by atoms with Gasteiger partial charge in [0.15, 0.2) is 5.76 Å². The van der Waals surface area contributed by atoms with Gasteiger partial charge in [0.2, 0.25) is 6.29 Å². The highest BCUT2D eigenvalue weighted by Gasteiger charge is 2.34. The minimum absolute atomic E-state index is 0.0433. The molecule has 0 aliphatic carbocycles. The van der Waals surface area contributed by atoms with Crippen LogP contribution in [0.25, 0.3) is 10.1 Å². The van der Waals surface area contributed by atoms with E-state index in [-0.39, 0.29) is 18.4 Å². The summed E-state index contributed by atoms with van der Waals surface area (Å²) in [4.78, 5) is 14.3. The first-order chi connectivity index (χ1) is 12.8. The quantitative estimate of drug-likeness (QED) is 0.598. The van der Waals surface area contributed by atoms with Crippen LogP contribution in [0.1, 0.15) is 30.7 Å². The Morgan fingerprint density at radius 1 is 1.31 bits per heavy atom. The summed E-state index contributed by atoms with van der Waals surface area (Å²) in [5.41, 5.74) is 1.23. The van der Waals surface area contributed by atoms with E-state index < -0.39 is 6.29 Å². The minimum atomic E-state index is -0.429. The molecule has 0 bridgehead atoms. The maximum atomic E-state index is 12.5. The fraction of sp³-hybridized carbons (Fsp3) is 0.450. The van der Waals surface area contributed by atoms with E-state index in [0.717, 1.165) is 19.5 Å². The van der Waals surface area contributed by atoms with E-state index >= 15 is 0 Å². The van der Waals surface area contributed by atoms with Gasteiger partial charge in [0.1, 0.15) is 0 Å². The summed E-state index contributed by atoms with van der Waals surface area (Å²) in [5.74, 6) is 0.459. The van der Waals surface area contributed by atoms with Crippen LogP contribution in [0, 0.1) is 0 Å². The van der Waals surface area contributed by atoms with Gasteiger partial charge >= 0.3 is 0 Å². The topological polar surface area (TPSA) is 58.8 Å². The lowest BCUT2D eigenvalue weighted by molar-refractivity contribution is -0.149. The van der Waals surface area contributed by atoms with Crippen LogP contribution in [-0.4, -0.2) is 48.5 Å². The second kappa shape index (κ2) is 7.78. The third-order valence-corrected chi connectivity index (χ3v) is 5.75. The van der Waals surface area contributed by atoms with Crippen LogP contribution in [-0.2, 0) is 14.3 Å². The molecule has 0 spiro atoms. The number of fused-ring (bicyclic) bond motifs is 1. The summed E-state index contributed by atoms with van der Waals surface area (Å²) in [7, 11) is 0. The van der Waals surface area contributed by atoms with Crippen molar-refractivity contribution < 1.29 is 19.4 Å². The van der Waals surface area contributed by atoms with Crippen LogP contribution in [0.5, 0.6) is 0 Å². The molecular weight excluding hydrogens is 350 g/mol.